The summed E-state index contributed by atoms with van der Waals surface area (Å²) in [5.74, 6) is -1.61. The maximum Gasteiger partial charge on any atom is 0.374 e. The highest BCUT2D eigenvalue weighted by molar-refractivity contribution is 6.30. The molecule has 1 aromatic heterocycles. The first-order valence-electron chi connectivity index (χ1n) is 8.60. The van der Waals surface area contributed by atoms with Crippen LogP contribution in [0.4, 0.5) is 0 Å². The Hall–Kier alpha value is -3.12. The van der Waals surface area contributed by atoms with Crippen LogP contribution < -0.4 is 10.7 Å². The molecule has 0 aliphatic rings. The first-order valence-corrected chi connectivity index (χ1v) is 8.98. The number of carbonyl (C=O) groups is 2. The summed E-state index contributed by atoms with van der Waals surface area (Å²) in [5, 5.41) is 3.70. The standard InChI is InChI=1S/C21H18ClNO5/c1-12-3-8-18-16(9-12)17(24)10-19(28-18)21(26)27-11-20(25)23-13(2)14-4-6-15(22)7-5-14/h3-10,13H,11H2,1-2H3,(H,23,25)/t13-/m1/s1. The number of benzene rings is 2. The lowest BCUT2D eigenvalue weighted by molar-refractivity contribution is -0.124. The van der Waals surface area contributed by atoms with Crippen LogP contribution in [0.2, 0.25) is 5.02 Å². The Labute approximate surface area is 166 Å². The number of halogens is 1. The zero-order chi connectivity index (χ0) is 20.3. The van der Waals surface area contributed by atoms with Crippen LogP contribution >= 0.6 is 11.6 Å². The molecule has 3 rings (SSSR count). The van der Waals surface area contributed by atoms with Gasteiger partial charge in [-0.25, -0.2) is 4.79 Å². The largest absolute Gasteiger partial charge is 0.450 e. The van der Waals surface area contributed by atoms with Crippen LogP contribution in [0.1, 0.15) is 34.6 Å². The first-order chi connectivity index (χ1) is 13.3. The molecule has 3 aromatic rings. The van der Waals surface area contributed by atoms with Crippen molar-refractivity contribution in [2.45, 2.75) is 19.9 Å². The second-order valence-electron chi connectivity index (χ2n) is 6.39. The molecular formula is C21H18ClNO5. The molecule has 1 heterocycles. The molecule has 0 aliphatic heterocycles. The molecule has 1 amide bonds. The van der Waals surface area contributed by atoms with E-state index < -0.39 is 18.5 Å². The van der Waals surface area contributed by atoms with Crippen LogP contribution in [0.25, 0.3) is 11.0 Å². The predicted octanol–water partition coefficient (Wildman–Crippen LogP) is 3.79. The Morgan fingerprint density at radius 1 is 1.14 bits per heavy atom. The molecule has 0 saturated carbocycles. The van der Waals surface area contributed by atoms with Gasteiger partial charge in [0.2, 0.25) is 5.76 Å². The highest BCUT2D eigenvalue weighted by Crippen LogP contribution is 2.16. The molecule has 0 aliphatic carbocycles. The molecular weight excluding hydrogens is 382 g/mol. The fourth-order valence-corrected chi connectivity index (χ4v) is 2.82. The minimum absolute atomic E-state index is 0.250. The summed E-state index contributed by atoms with van der Waals surface area (Å²) >= 11 is 5.84. The van der Waals surface area contributed by atoms with Gasteiger partial charge in [0.15, 0.2) is 12.0 Å². The number of carbonyl (C=O) groups excluding carboxylic acids is 2. The van der Waals surface area contributed by atoms with E-state index in [2.05, 4.69) is 5.32 Å². The van der Waals surface area contributed by atoms with Crippen molar-refractivity contribution in [3.05, 3.63) is 80.7 Å². The Morgan fingerprint density at radius 2 is 1.86 bits per heavy atom. The topological polar surface area (TPSA) is 85.6 Å². The number of rotatable bonds is 5. The number of ether oxygens (including phenoxy) is 1. The molecule has 1 N–H and O–H groups in total. The number of fused-ring (bicyclic) bond motifs is 1. The second-order valence-corrected chi connectivity index (χ2v) is 6.83. The Bertz CT molecular complexity index is 1090. The van der Waals surface area contributed by atoms with E-state index in [1.54, 1.807) is 49.4 Å². The van der Waals surface area contributed by atoms with Crippen molar-refractivity contribution in [2.24, 2.45) is 0 Å². The normalized spacial score (nSPS) is 11.8. The van der Waals surface area contributed by atoms with Gasteiger partial charge in [-0.05, 0) is 43.7 Å². The van der Waals surface area contributed by atoms with Crippen LogP contribution in [0.5, 0.6) is 0 Å². The lowest BCUT2D eigenvalue weighted by Crippen LogP contribution is -2.31. The van der Waals surface area contributed by atoms with Crippen molar-refractivity contribution in [2.75, 3.05) is 6.61 Å². The molecule has 0 bridgehead atoms. The number of nitrogens with one attached hydrogen (secondary N) is 1. The highest BCUT2D eigenvalue weighted by Gasteiger charge is 2.17. The summed E-state index contributed by atoms with van der Waals surface area (Å²) in [4.78, 5) is 36.4. The number of aryl methyl sites for hydroxylation is 1. The molecule has 144 valence electrons. The average molecular weight is 400 g/mol. The lowest BCUT2D eigenvalue weighted by atomic mass is 10.1. The summed E-state index contributed by atoms with van der Waals surface area (Å²) in [5.41, 5.74) is 1.70. The molecule has 2 aromatic carbocycles. The van der Waals surface area contributed by atoms with Crippen molar-refractivity contribution >= 4 is 34.4 Å². The van der Waals surface area contributed by atoms with Crippen molar-refractivity contribution < 1.29 is 18.7 Å². The second kappa shape index (κ2) is 8.27. The molecule has 0 fully saturated rings. The third-order valence-electron chi connectivity index (χ3n) is 4.17. The Morgan fingerprint density at radius 3 is 2.57 bits per heavy atom. The maximum atomic E-state index is 12.2. The molecule has 0 saturated heterocycles. The molecule has 0 spiro atoms. The smallest absolute Gasteiger partial charge is 0.374 e. The van der Waals surface area contributed by atoms with Gasteiger partial charge in [0.1, 0.15) is 5.58 Å². The van der Waals surface area contributed by atoms with Gasteiger partial charge >= 0.3 is 5.97 Å². The Balaban J connectivity index is 1.62. The van der Waals surface area contributed by atoms with E-state index in [9.17, 15) is 14.4 Å². The lowest BCUT2D eigenvalue weighted by Gasteiger charge is -2.14. The van der Waals surface area contributed by atoms with Crippen molar-refractivity contribution in [3.8, 4) is 0 Å². The average Bonchev–Trinajstić information content (AvgIpc) is 2.67. The fraction of sp³-hybridized carbons (Fsp3) is 0.190. The van der Waals surface area contributed by atoms with Gasteiger partial charge in [0.05, 0.1) is 11.4 Å². The molecule has 6 nitrogen and oxygen atoms in total. The maximum absolute atomic E-state index is 12.2. The monoisotopic (exact) mass is 399 g/mol. The summed E-state index contributed by atoms with van der Waals surface area (Å²) in [6, 6.07) is 12.9. The van der Waals surface area contributed by atoms with Gasteiger partial charge in [-0.15, -0.1) is 0 Å². The molecule has 0 unspecified atom stereocenters. The molecule has 28 heavy (non-hydrogen) atoms. The molecule has 0 radical (unpaired) electrons. The molecule has 7 heteroatoms. The van der Waals surface area contributed by atoms with Gasteiger partial charge in [0, 0.05) is 11.1 Å². The van der Waals surface area contributed by atoms with E-state index in [0.717, 1.165) is 17.2 Å². The van der Waals surface area contributed by atoms with Gasteiger partial charge in [-0.2, -0.15) is 0 Å². The highest BCUT2D eigenvalue weighted by atomic mass is 35.5. The minimum atomic E-state index is -0.881. The van der Waals surface area contributed by atoms with Gasteiger partial charge in [-0.3, -0.25) is 9.59 Å². The number of amides is 1. The quantitative estimate of drug-likeness (QED) is 0.660. The van der Waals surface area contributed by atoms with Crippen LogP contribution in [0.15, 0.2) is 57.7 Å². The predicted molar refractivity (Wildman–Crippen MR) is 106 cm³/mol. The third-order valence-corrected chi connectivity index (χ3v) is 4.42. The fourth-order valence-electron chi connectivity index (χ4n) is 2.69. The van der Waals surface area contributed by atoms with Crippen LogP contribution in [0, 0.1) is 6.92 Å². The summed E-state index contributed by atoms with van der Waals surface area (Å²) in [6.07, 6.45) is 0. The minimum Gasteiger partial charge on any atom is -0.450 e. The van der Waals surface area contributed by atoms with Crippen molar-refractivity contribution in [1.82, 2.24) is 5.32 Å². The summed E-state index contributed by atoms with van der Waals surface area (Å²) in [6.45, 7) is 3.16. The van der Waals surface area contributed by atoms with E-state index in [1.165, 1.54) is 0 Å². The van der Waals surface area contributed by atoms with E-state index in [-0.39, 0.29) is 22.8 Å². The van der Waals surface area contributed by atoms with Gasteiger partial charge < -0.3 is 14.5 Å². The number of esters is 1. The Kier molecular flexibility index (Phi) is 5.80. The van der Waals surface area contributed by atoms with Gasteiger partial charge in [0.25, 0.3) is 5.91 Å². The van der Waals surface area contributed by atoms with Crippen LogP contribution in [-0.4, -0.2) is 18.5 Å². The first kappa shape index (κ1) is 19.6. The van der Waals surface area contributed by atoms with E-state index in [4.69, 9.17) is 20.8 Å². The zero-order valence-corrected chi connectivity index (χ0v) is 16.1. The van der Waals surface area contributed by atoms with Crippen molar-refractivity contribution in [1.29, 1.82) is 0 Å². The summed E-state index contributed by atoms with van der Waals surface area (Å²) < 4.78 is 10.4. The number of hydrogen-bond acceptors (Lipinski definition) is 5. The molecule has 1 atom stereocenters. The summed E-state index contributed by atoms with van der Waals surface area (Å²) in [7, 11) is 0. The van der Waals surface area contributed by atoms with Crippen LogP contribution in [0.3, 0.4) is 0 Å². The zero-order valence-electron chi connectivity index (χ0n) is 15.3. The van der Waals surface area contributed by atoms with E-state index in [0.29, 0.717) is 10.4 Å². The van der Waals surface area contributed by atoms with Crippen LogP contribution in [-0.2, 0) is 9.53 Å². The van der Waals surface area contributed by atoms with E-state index in [1.807, 2.05) is 6.92 Å². The van der Waals surface area contributed by atoms with Gasteiger partial charge in [-0.1, -0.05) is 35.4 Å². The SMILES string of the molecule is Cc1ccc2oc(C(=O)OCC(=O)N[C@H](C)c3ccc(Cl)cc3)cc(=O)c2c1. The van der Waals surface area contributed by atoms with Crippen molar-refractivity contribution in [3.63, 3.8) is 0 Å². The third kappa shape index (κ3) is 4.58. The van der Waals surface area contributed by atoms with E-state index >= 15 is 0 Å². The number of hydrogen-bond donors (Lipinski definition) is 1.